The van der Waals surface area contributed by atoms with Gasteiger partial charge in [-0.3, -0.25) is 14.4 Å². The zero-order chi connectivity index (χ0) is 29.9. The predicted molar refractivity (Wildman–Crippen MR) is 168 cm³/mol. The van der Waals surface area contributed by atoms with Gasteiger partial charge in [-0.15, -0.1) is 24.9 Å². The summed E-state index contributed by atoms with van der Waals surface area (Å²) in [5, 5.41) is 10.7. The molecule has 6 atom stereocenters. The maximum Gasteiger partial charge on any atom is 0.247 e. The van der Waals surface area contributed by atoms with E-state index in [-0.39, 0.29) is 29.6 Å². The Morgan fingerprint density at radius 2 is 1.74 bits per heavy atom. The number of benzene rings is 2. The van der Waals surface area contributed by atoms with Crippen molar-refractivity contribution in [3.8, 4) is 0 Å². The molecule has 0 aliphatic carbocycles. The summed E-state index contributed by atoms with van der Waals surface area (Å²) in [5.41, 5.74) is 1.53. The highest BCUT2D eigenvalue weighted by Crippen LogP contribution is 2.67. The van der Waals surface area contributed by atoms with E-state index in [1.54, 1.807) is 38.6 Å². The van der Waals surface area contributed by atoms with Crippen molar-refractivity contribution in [3.63, 3.8) is 0 Å². The Bertz CT molecular complexity index is 1300. The molecule has 3 aliphatic rings. The minimum atomic E-state index is -0.790. The number of fused-ring (bicyclic) bond motifs is 1. The highest BCUT2D eigenvalue weighted by atomic mass is 32.2. The van der Waals surface area contributed by atoms with Crippen LogP contribution in [0.5, 0.6) is 0 Å². The molecule has 2 aromatic rings. The number of likely N-dealkylation sites (tertiary alicyclic amines) is 1. The Hall–Kier alpha value is -3.36. The fourth-order valence-electron chi connectivity index (χ4n) is 7.23. The lowest BCUT2D eigenvalue weighted by Gasteiger charge is -2.40. The van der Waals surface area contributed by atoms with E-state index in [0.29, 0.717) is 26.1 Å². The molecule has 2 unspecified atom stereocenters. The van der Waals surface area contributed by atoms with Gasteiger partial charge in [0.2, 0.25) is 17.7 Å². The molecule has 5 rings (SSSR count). The largest absolute Gasteiger partial charge is 0.394 e. The molecule has 3 amide bonds. The Kier molecular flexibility index (Phi) is 9.23. The Labute approximate surface area is 253 Å². The summed E-state index contributed by atoms with van der Waals surface area (Å²) in [4.78, 5) is 48.9. The van der Waals surface area contributed by atoms with Crippen LogP contribution in [0.25, 0.3) is 0 Å². The van der Waals surface area contributed by atoms with Crippen molar-refractivity contribution in [2.24, 2.45) is 11.8 Å². The van der Waals surface area contributed by atoms with Gasteiger partial charge in [-0.05, 0) is 37.0 Å². The number of hydrogen-bond donors (Lipinski definition) is 1. The number of hydrogen-bond acceptors (Lipinski definition) is 5. The van der Waals surface area contributed by atoms with E-state index in [1.165, 1.54) is 0 Å². The zero-order valence-corrected chi connectivity index (χ0v) is 25.1. The van der Waals surface area contributed by atoms with E-state index >= 15 is 0 Å². The number of rotatable bonds is 13. The number of carbonyl (C=O) groups is 3. The van der Waals surface area contributed by atoms with Gasteiger partial charge in [0.15, 0.2) is 0 Å². The Balaban J connectivity index is 1.60. The van der Waals surface area contributed by atoms with E-state index in [2.05, 4.69) is 20.1 Å². The molecule has 2 aromatic carbocycles. The molecule has 3 saturated heterocycles. The van der Waals surface area contributed by atoms with Crippen LogP contribution in [0.15, 0.2) is 86.0 Å². The van der Waals surface area contributed by atoms with Crippen molar-refractivity contribution in [1.29, 1.82) is 0 Å². The summed E-state index contributed by atoms with van der Waals surface area (Å²) in [6.07, 6.45) is 6.62. The molecule has 0 saturated carbocycles. The normalized spacial score (nSPS) is 26.5. The smallest absolute Gasteiger partial charge is 0.247 e. The van der Waals surface area contributed by atoms with Gasteiger partial charge in [-0.25, -0.2) is 0 Å². The van der Waals surface area contributed by atoms with Crippen LogP contribution in [0.2, 0.25) is 0 Å². The van der Waals surface area contributed by atoms with Crippen LogP contribution in [0, 0.1) is 11.8 Å². The van der Waals surface area contributed by atoms with Crippen LogP contribution in [-0.4, -0.2) is 74.9 Å². The summed E-state index contributed by atoms with van der Waals surface area (Å²) in [5.74, 6) is -1.69. The maximum atomic E-state index is 14.7. The van der Waals surface area contributed by atoms with Gasteiger partial charge < -0.3 is 19.8 Å². The third-order valence-electron chi connectivity index (χ3n) is 9.04. The van der Waals surface area contributed by atoms with Gasteiger partial charge in [0.1, 0.15) is 6.04 Å². The SMILES string of the molecule is C=CCN(CCCC)C(=O)C1N([C@H](CO)c2ccccc2)C(=O)[C@@H]2[C@H](C(=O)N(CC=C)c3ccccc3)[C@@H]3CCC12S3. The monoisotopic (exact) mass is 587 g/mol. The maximum absolute atomic E-state index is 14.7. The molecule has 0 aromatic heterocycles. The van der Waals surface area contributed by atoms with E-state index in [0.717, 1.165) is 30.5 Å². The van der Waals surface area contributed by atoms with Gasteiger partial charge in [0.25, 0.3) is 0 Å². The number of para-hydroxylation sites is 1. The molecular weight excluding hydrogens is 546 g/mol. The number of amides is 3. The highest BCUT2D eigenvalue weighted by molar-refractivity contribution is 8.02. The molecule has 8 heteroatoms. The minimum Gasteiger partial charge on any atom is -0.394 e. The topological polar surface area (TPSA) is 81.2 Å². The van der Waals surface area contributed by atoms with E-state index < -0.39 is 28.7 Å². The molecule has 3 heterocycles. The van der Waals surface area contributed by atoms with Crippen molar-refractivity contribution in [2.45, 2.75) is 54.7 Å². The van der Waals surface area contributed by atoms with Gasteiger partial charge in [0.05, 0.1) is 29.2 Å². The summed E-state index contributed by atoms with van der Waals surface area (Å²) < 4.78 is -0.746. The van der Waals surface area contributed by atoms with Crippen molar-refractivity contribution < 1.29 is 19.5 Å². The van der Waals surface area contributed by atoms with Crippen LogP contribution in [0.1, 0.15) is 44.2 Å². The first-order chi connectivity index (χ1) is 20.4. The van der Waals surface area contributed by atoms with Crippen molar-refractivity contribution in [1.82, 2.24) is 9.80 Å². The standard InChI is InChI=1S/C34H41N3O4S/c1-4-7-22-35(20-5-2)33(41)30-34-19-18-27(42-34)28(31(39)36(21-6-3)25-16-12-9-13-17-25)29(34)32(40)37(30)26(23-38)24-14-10-8-11-15-24/h5-6,8-17,26-30,38H,2-4,7,18-23H2,1H3/t26-,27+,28-,29+,30?,34?/m1/s1. The van der Waals surface area contributed by atoms with E-state index in [9.17, 15) is 19.5 Å². The molecule has 3 fully saturated rings. The number of aliphatic hydroxyl groups is 1. The second-order valence-electron chi connectivity index (χ2n) is 11.4. The fourth-order valence-corrected chi connectivity index (χ4v) is 9.42. The molecule has 2 bridgehead atoms. The summed E-state index contributed by atoms with van der Waals surface area (Å²) in [7, 11) is 0. The number of carbonyl (C=O) groups excluding carboxylic acids is 3. The van der Waals surface area contributed by atoms with E-state index in [4.69, 9.17) is 0 Å². The molecular formula is C34H41N3O4S. The summed E-state index contributed by atoms with van der Waals surface area (Å²) in [6.45, 7) is 10.8. The minimum absolute atomic E-state index is 0.0623. The quantitative estimate of drug-likeness (QED) is 0.339. The molecule has 1 spiro atoms. The second-order valence-corrected chi connectivity index (χ2v) is 13.0. The summed E-state index contributed by atoms with van der Waals surface area (Å²) in [6, 6.07) is 17.4. The van der Waals surface area contributed by atoms with Crippen LogP contribution < -0.4 is 4.90 Å². The summed E-state index contributed by atoms with van der Waals surface area (Å²) >= 11 is 1.65. The molecule has 7 nitrogen and oxygen atoms in total. The molecule has 42 heavy (non-hydrogen) atoms. The molecule has 222 valence electrons. The van der Waals surface area contributed by atoms with Crippen molar-refractivity contribution in [3.05, 3.63) is 91.5 Å². The molecule has 3 aliphatic heterocycles. The Morgan fingerprint density at radius 3 is 2.36 bits per heavy atom. The van der Waals surface area contributed by atoms with Crippen LogP contribution >= 0.6 is 11.8 Å². The van der Waals surface area contributed by atoms with Crippen LogP contribution in [0.4, 0.5) is 5.69 Å². The average molecular weight is 588 g/mol. The second kappa shape index (κ2) is 12.9. The number of nitrogens with zero attached hydrogens (tertiary/aromatic N) is 3. The lowest BCUT2D eigenvalue weighted by atomic mass is 9.70. The van der Waals surface area contributed by atoms with Crippen LogP contribution in [-0.2, 0) is 14.4 Å². The Morgan fingerprint density at radius 1 is 1.07 bits per heavy atom. The zero-order valence-electron chi connectivity index (χ0n) is 24.3. The first-order valence-corrected chi connectivity index (χ1v) is 15.8. The lowest BCUT2D eigenvalue weighted by molar-refractivity contribution is -0.145. The van der Waals surface area contributed by atoms with Gasteiger partial charge in [-0.2, -0.15) is 0 Å². The van der Waals surface area contributed by atoms with Gasteiger partial charge >= 0.3 is 0 Å². The highest BCUT2D eigenvalue weighted by Gasteiger charge is 2.74. The van der Waals surface area contributed by atoms with Gasteiger partial charge in [-0.1, -0.05) is 74.0 Å². The van der Waals surface area contributed by atoms with Crippen molar-refractivity contribution >= 4 is 35.2 Å². The third-order valence-corrected chi connectivity index (χ3v) is 11.0. The first kappa shape index (κ1) is 30.1. The van der Waals surface area contributed by atoms with Crippen LogP contribution in [0.3, 0.4) is 0 Å². The molecule has 1 N–H and O–H groups in total. The van der Waals surface area contributed by atoms with Gasteiger partial charge in [0, 0.05) is 30.6 Å². The molecule has 0 radical (unpaired) electrons. The average Bonchev–Trinajstić information content (AvgIpc) is 3.66. The third kappa shape index (κ3) is 5.09. The number of aliphatic hydroxyl groups excluding tert-OH is 1. The van der Waals surface area contributed by atoms with Crippen molar-refractivity contribution in [2.75, 3.05) is 31.1 Å². The lowest BCUT2D eigenvalue weighted by Crippen LogP contribution is -2.56. The number of thioether (sulfide) groups is 1. The predicted octanol–water partition coefficient (Wildman–Crippen LogP) is 4.85. The van der Waals surface area contributed by atoms with E-state index in [1.807, 2.05) is 60.7 Å². The first-order valence-electron chi connectivity index (χ1n) is 15.0. The number of anilines is 1. The fraction of sp³-hybridized carbons (Fsp3) is 0.441. The number of unbranched alkanes of at least 4 members (excludes halogenated alkanes) is 1.